The molecule has 140 valence electrons. The number of amides is 1. The highest BCUT2D eigenvalue weighted by Gasteiger charge is 2.29. The molecule has 0 atom stereocenters. The Labute approximate surface area is 164 Å². The first kappa shape index (κ1) is 16.9. The summed E-state index contributed by atoms with van der Waals surface area (Å²) >= 11 is 5.86. The zero-order chi connectivity index (χ0) is 19.1. The van der Waals surface area contributed by atoms with Crippen LogP contribution in [0.3, 0.4) is 0 Å². The predicted octanol–water partition coefficient (Wildman–Crippen LogP) is 3.49. The summed E-state index contributed by atoms with van der Waals surface area (Å²) in [6, 6.07) is 10.6. The smallest absolute Gasteiger partial charge is 0.261 e. The zero-order valence-corrected chi connectivity index (χ0v) is 15.4. The summed E-state index contributed by atoms with van der Waals surface area (Å²) in [5.41, 5.74) is 1.93. The molecule has 1 saturated carbocycles. The summed E-state index contributed by atoms with van der Waals surface area (Å²) in [6.07, 6.45) is 4.08. The first-order valence-electron chi connectivity index (χ1n) is 8.89. The highest BCUT2D eigenvalue weighted by molar-refractivity contribution is 6.30. The summed E-state index contributed by atoms with van der Waals surface area (Å²) in [5.74, 6) is 1.87. The van der Waals surface area contributed by atoms with Gasteiger partial charge in [-0.2, -0.15) is 4.98 Å². The molecule has 3 heterocycles. The maximum absolute atomic E-state index is 12.4. The normalized spacial score (nSPS) is 13.8. The van der Waals surface area contributed by atoms with Gasteiger partial charge in [-0.3, -0.25) is 9.20 Å². The third-order valence-electron chi connectivity index (χ3n) is 4.57. The minimum absolute atomic E-state index is 0.0738. The molecule has 5 rings (SSSR count). The second-order valence-electron chi connectivity index (χ2n) is 6.70. The fourth-order valence-electron chi connectivity index (χ4n) is 2.98. The SMILES string of the molecule is O=C(Cc1nnc2c(-c3nc(C4CC4)no3)cccn12)Nc1ccc(Cl)cc1. The number of nitrogens with one attached hydrogen (secondary N) is 1. The Morgan fingerprint density at radius 2 is 2.04 bits per heavy atom. The van der Waals surface area contributed by atoms with Gasteiger partial charge in [-0.15, -0.1) is 10.2 Å². The molecule has 1 aromatic carbocycles. The number of carbonyl (C=O) groups excluding carboxylic acids is 1. The van der Waals surface area contributed by atoms with Crippen molar-refractivity contribution in [3.8, 4) is 11.5 Å². The largest absolute Gasteiger partial charge is 0.334 e. The predicted molar refractivity (Wildman–Crippen MR) is 102 cm³/mol. The van der Waals surface area contributed by atoms with Crippen molar-refractivity contribution in [2.75, 3.05) is 5.32 Å². The molecule has 1 aliphatic carbocycles. The first-order valence-corrected chi connectivity index (χ1v) is 9.27. The molecule has 0 bridgehead atoms. The van der Waals surface area contributed by atoms with Crippen LogP contribution in [0, 0.1) is 0 Å². The number of aromatic nitrogens is 5. The summed E-state index contributed by atoms with van der Waals surface area (Å²) in [7, 11) is 0. The molecule has 0 radical (unpaired) electrons. The van der Waals surface area contributed by atoms with E-state index in [0.29, 0.717) is 39.6 Å². The second kappa shape index (κ2) is 6.72. The lowest BCUT2D eigenvalue weighted by atomic mass is 10.2. The standard InChI is InChI=1S/C19H15ClN6O2/c20-12-5-7-13(8-6-12)21-16(27)10-15-23-24-18-14(2-1-9-26(15)18)19-22-17(25-28-19)11-3-4-11/h1-2,5-9,11H,3-4,10H2,(H,21,27). The highest BCUT2D eigenvalue weighted by Crippen LogP contribution is 2.39. The van der Waals surface area contributed by atoms with Gasteiger partial charge in [0.2, 0.25) is 5.91 Å². The van der Waals surface area contributed by atoms with Crippen molar-refractivity contribution in [3.05, 3.63) is 59.3 Å². The number of hydrogen-bond donors (Lipinski definition) is 1. The Bertz CT molecular complexity index is 1160. The van der Waals surface area contributed by atoms with E-state index in [1.807, 2.05) is 18.3 Å². The lowest BCUT2D eigenvalue weighted by molar-refractivity contribution is -0.115. The van der Waals surface area contributed by atoms with Crippen LogP contribution >= 0.6 is 11.6 Å². The van der Waals surface area contributed by atoms with Crippen LogP contribution in [0.15, 0.2) is 47.1 Å². The van der Waals surface area contributed by atoms with Crippen LogP contribution in [0.1, 0.15) is 30.4 Å². The maximum Gasteiger partial charge on any atom is 0.261 e. The number of fused-ring (bicyclic) bond motifs is 1. The molecular formula is C19H15ClN6O2. The van der Waals surface area contributed by atoms with E-state index in [0.717, 1.165) is 18.7 Å². The monoisotopic (exact) mass is 394 g/mol. The van der Waals surface area contributed by atoms with E-state index in [-0.39, 0.29) is 12.3 Å². The van der Waals surface area contributed by atoms with Crippen molar-refractivity contribution in [2.45, 2.75) is 25.2 Å². The molecule has 28 heavy (non-hydrogen) atoms. The maximum atomic E-state index is 12.4. The Morgan fingerprint density at radius 3 is 2.82 bits per heavy atom. The third kappa shape index (κ3) is 3.22. The molecular weight excluding hydrogens is 380 g/mol. The topological polar surface area (TPSA) is 98.2 Å². The van der Waals surface area contributed by atoms with Crippen LogP contribution < -0.4 is 5.32 Å². The van der Waals surface area contributed by atoms with Crippen molar-refractivity contribution in [1.29, 1.82) is 0 Å². The first-order chi connectivity index (χ1) is 13.7. The van der Waals surface area contributed by atoms with Crippen LogP contribution in [0.2, 0.25) is 5.02 Å². The molecule has 0 aliphatic heterocycles. The van der Waals surface area contributed by atoms with Gasteiger partial charge in [0.15, 0.2) is 11.5 Å². The van der Waals surface area contributed by atoms with Gasteiger partial charge in [-0.1, -0.05) is 16.8 Å². The Hall–Kier alpha value is -3.26. The number of benzene rings is 1. The zero-order valence-electron chi connectivity index (χ0n) is 14.7. The lowest BCUT2D eigenvalue weighted by Gasteiger charge is -2.05. The molecule has 1 fully saturated rings. The minimum atomic E-state index is -0.198. The van der Waals surface area contributed by atoms with E-state index in [2.05, 4.69) is 25.7 Å². The van der Waals surface area contributed by atoms with Crippen LogP contribution in [0.25, 0.3) is 17.1 Å². The molecule has 1 amide bonds. The second-order valence-corrected chi connectivity index (χ2v) is 7.13. The Morgan fingerprint density at radius 1 is 1.21 bits per heavy atom. The number of rotatable bonds is 5. The number of hydrogen-bond acceptors (Lipinski definition) is 6. The number of carbonyl (C=O) groups is 1. The van der Waals surface area contributed by atoms with Crippen molar-refractivity contribution < 1.29 is 9.32 Å². The summed E-state index contributed by atoms with van der Waals surface area (Å²) in [4.78, 5) is 16.9. The van der Waals surface area contributed by atoms with Crippen LogP contribution in [0.4, 0.5) is 5.69 Å². The number of halogens is 1. The van der Waals surface area contributed by atoms with Gasteiger partial charge in [0.25, 0.3) is 5.89 Å². The number of anilines is 1. The van der Waals surface area contributed by atoms with E-state index in [9.17, 15) is 4.79 Å². The highest BCUT2D eigenvalue weighted by atomic mass is 35.5. The van der Waals surface area contributed by atoms with Gasteiger partial charge in [-0.25, -0.2) is 0 Å². The summed E-state index contributed by atoms with van der Waals surface area (Å²) in [6.45, 7) is 0. The van der Waals surface area contributed by atoms with Gasteiger partial charge >= 0.3 is 0 Å². The number of nitrogens with zero attached hydrogens (tertiary/aromatic N) is 5. The van der Waals surface area contributed by atoms with E-state index in [1.54, 1.807) is 28.7 Å². The molecule has 0 spiro atoms. The Kier molecular flexibility index (Phi) is 4.05. The molecule has 9 heteroatoms. The molecule has 4 aromatic rings. The molecule has 1 aliphatic rings. The fraction of sp³-hybridized carbons (Fsp3) is 0.211. The van der Waals surface area contributed by atoms with Crippen molar-refractivity contribution in [1.82, 2.24) is 24.7 Å². The van der Waals surface area contributed by atoms with Crippen LogP contribution in [-0.2, 0) is 11.2 Å². The van der Waals surface area contributed by atoms with Gasteiger partial charge in [0.05, 0.1) is 12.0 Å². The average Bonchev–Trinajstić information content (AvgIpc) is 3.29. The van der Waals surface area contributed by atoms with Gasteiger partial charge < -0.3 is 9.84 Å². The molecule has 8 nitrogen and oxygen atoms in total. The lowest BCUT2D eigenvalue weighted by Crippen LogP contribution is -2.16. The van der Waals surface area contributed by atoms with Crippen LogP contribution in [0.5, 0.6) is 0 Å². The van der Waals surface area contributed by atoms with Crippen molar-refractivity contribution in [2.24, 2.45) is 0 Å². The van der Waals surface area contributed by atoms with Crippen LogP contribution in [-0.4, -0.2) is 30.6 Å². The van der Waals surface area contributed by atoms with E-state index < -0.39 is 0 Å². The van der Waals surface area contributed by atoms with Gasteiger partial charge in [-0.05, 0) is 49.2 Å². The number of pyridine rings is 1. The summed E-state index contributed by atoms with van der Waals surface area (Å²) < 4.78 is 7.17. The molecule has 1 N–H and O–H groups in total. The third-order valence-corrected chi connectivity index (χ3v) is 4.82. The fourth-order valence-corrected chi connectivity index (χ4v) is 3.11. The van der Waals surface area contributed by atoms with Crippen molar-refractivity contribution in [3.63, 3.8) is 0 Å². The average molecular weight is 395 g/mol. The minimum Gasteiger partial charge on any atom is -0.334 e. The van der Waals surface area contributed by atoms with E-state index in [1.165, 1.54) is 0 Å². The molecule has 0 unspecified atom stereocenters. The molecule has 3 aromatic heterocycles. The van der Waals surface area contributed by atoms with E-state index in [4.69, 9.17) is 16.1 Å². The van der Waals surface area contributed by atoms with E-state index >= 15 is 0 Å². The van der Waals surface area contributed by atoms with Gasteiger partial charge in [0.1, 0.15) is 5.82 Å². The Balaban J connectivity index is 1.39. The van der Waals surface area contributed by atoms with Crippen molar-refractivity contribution >= 4 is 28.8 Å². The molecule has 0 saturated heterocycles. The quantitative estimate of drug-likeness (QED) is 0.556. The summed E-state index contributed by atoms with van der Waals surface area (Å²) in [5, 5.41) is 15.9. The van der Waals surface area contributed by atoms with Gasteiger partial charge in [0, 0.05) is 22.8 Å².